The normalized spacial score (nSPS) is 17.0. The second-order valence-electron chi connectivity index (χ2n) is 6.27. The van der Waals surface area contributed by atoms with Crippen molar-refractivity contribution in [1.29, 1.82) is 0 Å². The number of aryl methyl sites for hydroxylation is 2. The average molecular weight is 380 g/mol. The number of thioether (sulfide) groups is 1. The number of likely N-dealkylation sites (N-methyl/N-ethyl adjacent to an activating group) is 1. The lowest BCUT2D eigenvalue weighted by Gasteiger charge is -2.08. The van der Waals surface area contributed by atoms with Crippen LogP contribution in [-0.2, 0) is 9.53 Å². The highest BCUT2D eigenvalue weighted by Gasteiger charge is 2.30. The third kappa shape index (κ3) is 4.11. The molecule has 0 aromatic heterocycles. The maximum Gasteiger partial charge on any atom is 0.337 e. The number of rotatable bonds is 3. The summed E-state index contributed by atoms with van der Waals surface area (Å²) in [6.07, 6.45) is 1.80. The van der Waals surface area contributed by atoms with Crippen LogP contribution in [0.3, 0.4) is 0 Å². The van der Waals surface area contributed by atoms with Gasteiger partial charge in [-0.05, 0) is 66.6 Å². The summed E-state index contributed by atoms with van der Waals surface area (Å²) in [5, 5.41) is 0.645. The smallest absolute Gasteiger partial charge is 0.337 e. The molecule has 27 heavy (non-hydrogen) atoms. The van der Waals surface area contributed by atoms with Crippen LogP contribution in [0.1, 0.15) is 27.0 Å². The van der Waals surface area contributed by atoms with Crippen molar-refractivity contribution in [1.82, 2.24) is 4.90 Å². The first-order valence-electron chi connectivity index (χ1n) is 8.41. The summed E-state index contributed by atoms with van der Waals surface area (Å²) in [6.45, 7) is 4.02. The summed E-state index contributed by atoms with van der Waals surface area (Å²) < 4.78 is 4.69. The fraction of sp³-hybridized carbons (Fsp3) is 0.190. The molecule has 6 heteroatoms. The number of hydrogen-bond acceptors (Lipinski definition) is 5. The van der Waals surface area contributed by atoms with Crippen molar-refractivity contribution in [2.45, 2.75) is 13.8 Å². The van der Waals surface area contributed by atoms with Crippen molar-refractivity contribution < 1.29 is 14.3 Å². The Kier molecular flexibility index (Phi) is 5.46. The van der Waals surface area contributed by atoms with Gasteiger partial charge in [-0.25, -0.2) is 9.79 Å². The number of esters is 1. The molecule has 1 aliphatic rings. The molecule has 5 nitrogen and oxygen atoms in total. The first-order valence-corrected chi connectivity index (χ1v) is 9.22. The fourth-order valence-electron chi connectivity index (χ4n) is 2.58. The van der Waals surface area contributed by atoms with Gasteiger partial charge in [-0.15, -0.1) is 0 Å². The third-order valence-electron chi connectivity index (χ3n) is 4.21. The highest BCUT2D eigenvalue weighted by atomic mass is 32.2. The summed E-state index contributed by atoms with van der Waals surface area (Å²) >= 11 is 1.34. The van der Waals surface area contributed by atoms with Gasteiger partial charge in [0.05, 0.1) is 23.3 Å². The van der Waals surface area contributed by atoms with Crippen LogP contribution in [0.25, 0.3) is 6.08 Å². The van der Waals surface area contributed by atoms with E-state index in [1.54, 1.807) is 42.3 Å². The second-order valence-corrected chi connectivity index (χ2v) is 7.28. The van der Waals surface area contributed by atoms with Gasteiger partial charge in [0.1, 0.15) is 0 Å². The Labute approximate surface area is 162 Å². The summed E-state index contributed by atoms with van der Waals surface area (Å²) in [5.74, 6) is -0.482. The number of ether oxygens (including phenoxy) is 1. The van der Waals surface area contributed by atoms with E-state index in [9.17, 15) is 9.59 Å². The van der Waals surface area contributed by atoms with E-state index >= 15 is 0 Å². The van der Waals surface area contributed by atoms with Gasteiger partial charge in [0.2, 0.25) is 0 Å². The molecule has 0 unspecified atom stereocenters. The zero-order chi connectivity index (χ0) is 19.6. The molecule has 0 aliphatic carbocycles. The summed E-state index contributed by atoms with van der Waals surface area (Å²) in [7, 11) is 3.07. The number of amidine groups is 1. The van der Waals surface area contributed by atoms with Crippen molar-refractivity contribution in [3.8, 4) is 0 Å². The van der Waals surface area contributed by atoms with Gasteiger partial charge in [-0.3, -0.25) is 9.69 Å². The molecular weight excluding hydrogens is 360 g/mol. The van der Waals surface area contributed by atoms with E-state index in [0.717, 1.165) is 22.4 Å². The van der Waals surface area contributed by atoms with Gasteiger partial charge in [-0.1, -0.05) is 24.3 Å². The third-order valence-corrected chi connectivity index (χ3v) is 5.27. The van der Waals surface area contributed by atoms with E-state index in [2.05, 4.69) is 4.99 Å². The molecule has 0 spiro atoms. The quantitative estimate of drug-likeness (QED) is 0.588. The molecule has 0 radical (unpaired) electrons. The summed E-state index contributed by atoms with van der Waals surface area (Å²) in [6, 6.07) is 13.0. The zero-order valence-electron chi connectivity index (χ0n) is 15.6. The molecule has 3 rings (SSSR count). The van der Waals surface area contributed by atoms with E-state index in [1.165, 1.54) is 18.9 Å². The van der Waals surface area contributed by atoms with Crippen LogP contribution in [0.4, 0.5) is 5.69 Å². The van der Waals surface area contributed by atoms with E-state index in [0.29, 0.717) is 15.6 Å². The number of benzene rings is 2. The minimum absolute atomic E-state index is 0.0962. The highest BCUT2D eigenvalue weighted by molar-refractivity contribution is 8.18. The largest absolute Gasteiger partial charge is 0.465 e. The molecular formula is C21H20N2O3S. The number of carbonyl (C=O) groups excluding carboxylic acids is 2. The first kappa shape index (κ1) is 18.9. The van der Waals surface area contributed by atoms with Crippen LogP contribution in [0.2, 0.25) is 0 Å². The maximum atomic E-state index is 12.6. The van der Waals surface area contributed by atoms with Crippen molar-refractivity contribution in [3.05, 3.63) is 69.6 Å². The van der Waals surface area contributed by atoms with Crippen molar-refractivity contribution in [2.24, 2.45) is 4.99 Å². The van der Waals surface area contributed by atoms with E-state index in [-0.39, 0.29) is 11.9 Å². The lowest BCUT2D eigenvalue weighted by molar-refractivity contribution is -0.121. The van der Waals surface area contributed by atoms with Crippen LogP contribution in [0, 0.1) is 13.8 Å². The fourth-order valence-corrected chi connectivity index (χ4v) is 3.56. The molecule has 0 N–H and O–H groups in total. The molecule has 2 aromatic rings. The Balaban J connectivity index is 1.87. The monoisotopic (exact) mass is 380 g/mol. The number of amides is 1. The predicted octanol–water partition coefficient (Wildman–Crippen LogP) is 4.32. The Morgan fingerprint density at radius 2 is 1.85 bits per heavy atom. The first-order chi connectivity index (χ1) is 12.9. The molecule has 2 aromatic carbocycles. The van der Waals surface area contributed by atoms with Crippen LogP contribution in [0.5, 0.6) is 0 Å². The predicted molar refractivity (Wildman–Crippen MR) is 109 cm³/mol. The number of methoxy groups -OCH3 is 1. The number of hydrogen-bond donors (Lipinski definition) is 0. The van der Waals surface area contributed by atoms with Gasteiger partial charge in [0, 0.05) is 7.05 Å². The molecule has 0 atom stereocenters. The summed E-state index contributed by atoms with van der Waals surface area (Å²) in [5.41, 5.74) is 4.35. The van der Waals surface area contributed by atoms with E-state index in [1.807, 2.05) is 32.0 Å². The van der Waals surface area contributed by atoms with Gasteiger partial charge >= 0.3 is 5.97 Å². The van der Waals surface area contributed by atoms with Crippen LogP contribution < -0.4 is 0 Å². The Hall–Kier alpha value is -2.86. The molecule has 1 saturated heterocycles. The lowest BCUT2D eigenvalue weighted by atomic mass is 10.1. The minimum Gasteiger partial charge on any atom is -0.465 e. The van der Waals surface area contributed by atoms with E-state index < -0.39 is 0 Å². The highest BCUT2D eigenvalue weighted by Crippen LogP contribution is 2.34. The van der Waals surface area contributed by atoms with Crippen LogP contribution in [-0.4, -0.2) is 36.1 Å². The summed E-state index contributed by atoms with van der Waals surface area (Å²) in [4.78, 5) is 30.9. The number of carbonyl (C=O) groups is 2. The Morgan fingerprint density at radius 3 is 2.52 bits per heavy atom. The lowest BCUT2D eigenvalue weighted by Crippen LogP contribution is -2.23. The van der Waals surface area contributed by atoms with Gasteiger partial charge < -0.3 is 4.74 Å². The average Bonchev–Trinajstić information content (AvgIpc) is 2.92. The van der Waals surface area contributed by atoms with Gasteiger partial charge in [0.25, 0.3) is 5.91 Å². The van der Waals surface area contributed by atoms with Crippen LogP contribution in [0.15, 0.2) is 52.4 Å². The number of aliphatic imine (C=N–C) groups is 1. The van der Waals surface area contributed by atoms with Gasteiger partial charge in [0.15, 0.2) is 5.17 Å². The Bertz CT molecular complexity index is 962. The van der Waals surface area contributed by atoms with Gasteiger partial charge in [-0.2, -0.15) is 0 Å². The van der Waals surface area contributed by atoms with Crippen molar-refractivity contribution >= 4 is 40.6 Å². The molecule has 1 fully saturated rings. The van der Waals surface area contributed by atoms with Crippen molar-refractivity contribution in [2.75, 3.05) is 14.2 Å². The molecule has 138 valence electrons. The topological polar surface area (TPSA) is 59.0 Å². The molecule has 0 saturated carbocycles. The zero-order valence-corrected chi connectivity index (χ0v) is 16.5. The van der Waals surface area contributed by atoms with Crippen molar-refractivity contribution in [3.63, 3.8) is 0 Å². The standard InChI is InChI=1S/C21H20N2O3S/c1-13-5-6-14(2)17(11-13)22-21-23(3)19(24)18(27-21)12-15-7-9-16(10-8-15)20(25)26-4/h5-12H,1-4H3/b18-12+,22-21?. The minimum atomic E-state index is -0.386. The van der Waals surface area contributed by atoms with E-state index in [4.69, 9.17) is 4.74 Å². The second kappa shape index (κ2) is 7.80. The van der Waals surface area contributed by atoms with Crippen LogP contribution >= 0.6 is 11.8 Å². The molecule has 1 aliphatic heterocycles. The number of nitrogens with zero attached hydrogens (tertiary/aromatic N) is 2. The molecule has 0 bridgehead atoms. The molecule has 1 heterocycles. The Morgan fingerprint density at radius 1 is 1.15 bits per heavy atom. The molecule has 1 amide bonds. The maximum absolute atomic E-state index is 12.6. The SMILES string of the molecule is COC(=O)c1ccc(/C=C2/SC(=Nc3cc(C)ccc3C)N(C)C2=O)cc1.